The van der Waals surface area contributed by atoms with E-state index in [1.165, 1.54) is 0 Å². The molecule has 0 unspecified atom stereocenters. The number of benzene rings is 14. The van der Waals surface area contributed by atoms with Gasteiger partial charge >= 0.3 is 0 Å². The molecule has 0 aliphatic rings. The van der Waals surface area contributed by atoms with E-state index in [2.05, 4.69) is 188 Å². The molecule has 18 aromatic rings. The fourth-order valence-electron chi connectivity index (χ4n) is 15.3. The number of nitriles is 6. The second-order valence-corrected chi connectivity index (χ2v) is 25.1. The van der Waals surface area contributed by atoms with Gasteiger partial charge in [0.2, 0.25) is 0 Å². The second kappa shape index (κ2) is 23.0. The molecule has 0 aliphatic heterocycles. The highest BCUT2D eigenvalue weighted by Crippen LogP contribution is 2.44. The number of hydrogen-bond acceptors (Lipinski definition) is 6. The third kappa shape index (κ3) is 8.99. The highest BCUT2D eigenvalue weighted by Gasteiger charge is 2.24. The Bertz CT molecular complexity index is 6850. The number of fused-ring (bicyclic) bond motifs is 12. The van der Waals surface area contributed by atoms with Crippen molar-refractivity contribution in [3.8, 4) is 115 Å². The minimum absolute atomic E-state index is 0.505. The van der Waals surface area contributed by atoms with E-state index >= 15 is 0 Å². The summed E-state index contributed by atoms with van der Waals surface area (Å²) < 4.78 is 8.83. The first-order chi connectivity index (χ1) is 49.3. The van der Waals surface area contributed by atoms with Crippen molar-refractivity contribution in [2.75, 3.05) is 0 Å². The van der Waals surface area contributed by atoms with E-state index in [4.69, 9.17) is 0 Å². The zero-order chi connectivity index (χ0) is 67.3. The monoisotopic (exact) mass is 1270 g/mol. The zero-order valence-electron chi connectivity index (χ0n) is 53.2. The molecule has 0 atom stereocenters. The molecule has 0 aliphatic carbocycles. The average molecular weight is 1270 g/mol. The van der Waals surface area contributed by atoms with Crippen LogP contribution >= 0.6 is 0 Å². The molecule has 4 aromatic heterocycles. The maximum absolute atomic E-state index is 11.2. The maximum atomic E-state index is 11.2. The van der Waals surface area contributed by atoms with Crippen LogP contribution in [0.25, 0.3) is 166 Å². The molecule has 18 rings (SSSR count). The second-order valence-electron chi connectivity index (χ2n) is 25.1. The first kappa shape index (κ1) is 57.8. The molecule has 458 valence electrons. The molecule has 14 aromatic carbocycles. The van der Waals surface area contributed by atoms with Gasteiger partial charge in [0.25, 0.3) is 0 Å². The molecule has 0 amide bonds. The van der Waals surface area contributed by atoms with Crippen molar-refractivity contribution in [3.05, 3.63) is 325 Å². The van der Waals surface area contributed by atoms with Crippen LogP contribution < -0.4 is 0 Å². The van der Waals surface area contributed by atoms with E-state index in [-0.39, 0.29) is 0 Å². The van der Waals surface area contributed by atoms with Crippen molar-refractivity contribution >= 4 is 87.2 Å². The van der Waals surface area contributed by atoms with E-state index in [1.807, 2.05) is 158 Å². The van der Waals surface area contributed by atoms with Crippen molar-refractivity contribution in [2.24, 2.45) is 0 Å². The van der Waals surface area contributed by atoms with Crippen LogP contribution in [0.15, 0.2) is 291 Å². The Morgan fingerprint density at radius 1 is 0.200 bits per heavy atom. The third-order valence-electron chi connectivity index (χ3n) is 19.8. The van der Waals surface area contributed by atoms with Crippen LogP contribution in [0.1, 0.15) is 33.4 Å². The van der Waals surface area contributed by atoms with Gasteiger partial charge in [0.1, 0.15) is 0 Å². The number of para-hydroxylation sites is 5. The summed E-state index contributed by atoms with van der Waals surface area (Å²) in [6.45, 7) is 0. The van der Waals surface area contributed by atoms with Crippen molar-refractivity contribution in [1.82, 2.24) is 18.3 Å². The van der Waals surface area contributed by atoms with Crippen LogP contribution in [0.5, 0.6) is 0 Å². The topological polar surface area (TPSA) is 162 Å². The van der Waals surface area contributed by atoms with Gasteiger partial charge in [-0.15, -0.1) is 0 Å². The molecule has 0 saturated carbocycles. The van der Waals surface area contributed by atoms with Crippen molar-refractivity contribution in [3.63, 3.8) is 0 Å². The van der Waals surface area contributed by atoms with Gasteiger partial charge in [-0.25, -0.2) is 0 Å². The zero-order valence-corrected chi connectivity index (χ0v) is 53.2. The minimum Gasteiger partial charge on any atom is -0.309 e. The predicted molar refractivity (Wildman–Crippen MR) is 399 cm³/mol. The van der Waals surface area contributed by atoms with Crippen LogP contribution in [-0.2, 0) is 0 Å². The van der Waals surface area contributed by atoms with E-state index in [0.29, 0.717) is 33.4 Å². The molecule has 100 heavy (non-hydrogen) atoms. The number of hydrogen-bond donors (Lipinski definition) is 0. The lowest BCUT2D eigenvalue weighted by Gasteiger charge is -2.16. The van der Waals surface area contributed by atoms with Crippen LogP contribution in [0, 0.1) is 68.0 Å². The largest absolute Gasteiger partial charge is 0.309 e. The van der Waals surface area contributed by atoms with Crippen molar-refractivity contribution < 1.29 is 0 Å². The standard InChI is InChI=1S/C90H48N10/c91-49-55-21-37-85-76(41-55)73-13-3-8-18-82(73)97(85)67-33-35-69(64(45-67)52-94)59-26-30-61(31-27-59)72-12-2-7-17-81(72)100-84-20-10-5-15-75(84)90-66(54-96)44-63(48-89(90)100)62-32-40-87-79(47-62)78-43-57(51-93)22-38-86(78)98(87)68-34-36-70(65(46-68)53-95)58-24-28-60(29-25-58)71-11-1-6-16-80(71)99-83-19-9-4-14-74(83)77-42-56(50-92)23-39-88(77)99/h1-48H. The Morgan fingerprint density at radius 2 is 0.550 bits per heavy atom. The lowest BCUT2D eigenvalue weighted by atomic mass is 9.96. The highest BCUT2D eigenvalue weighted by molar-refractivity contribution is 6.16. The summed E-state index contributed by atoms with van der Waals surface area (Å²) in [5, 5.41) is 70.3. The third-order valence-corrected chi connectivity index (χ3v) is 19.8. The summed E-state index contributed by atoms with van der Waals surface area (Å²) in [4.78, 5) is 0. The summed E-state index contributed by atoms with van der Waals surface area (Å²) >= 11 is 0. The van der Waals surface area contributed by atoms with Crippen LogP contribution in [-0.4, -0.2) is 18.3 Å². The summed E-state index contributed by atoms with van der Waals surface area (Å²) in [6, 6.07) is 112. The van der Waals surface area contributed by atoms with Crippen LogP contribution in [0.3, 0.4) is 0 Å². The molecule has 0 bridgehead atoms. The van der Waals surface area contributed by atoms with E-state index in [9.17, 15) is 31.6 Å². The van der Waals surface area contributed by atoms with Crippen LogP contribution in [0.2, 0.25) is 0 Å². The van der Waals surface area contributed by atoms with E-state index in [1.54, 1.807) is 0 Å². The fraction of sp³-hybridized carbons (Fsp3) is 0. The maximum Gasteiger partial charge on any atom is 0.0999 e. The molecule has 0 N–H and O–H groups in total. The van der Waals surface area contributed by atoms with Gasteiger partial charge in [0, 0.05) is 65.6 Å². The quantitative estimate of drug-likeness (QED) is 0.140. The lowest BCUT2D eigenvalue weighted by Crippen LogP contribution is -1.98. The molecule has 10 heteroatoms. The van der Waals surface area contributed by atoms with Crippen LogP contribution in [0.4, 0.5) is 0 Å². The molecule has 0 radical (unpaired) electrons. The van der Waals surface area contributed by atoms with Gasteiger partial charge in [-0.1, -0.05) is 158 Å². The molecule has 0 saturated heterocycles. The van der Waals surface area contributed by atoms with Gasteiger partial charge < -0.3 is 18.3 Å². The van der Waals surface area contributed by atoms with Gasteiger partial charge in [-0.05, 0) is 178 Å². The van der Waals surface area contributed by atoms with Gasteiger partial charge in [0.05, 0.1) is 125 Å². The number of rotatable bonds is 9. The Kier molecular flexibility index (Phi) is 13.3. The Morgan fingerprint density at radius 3 is 1.02 bits per heavy atom. The summed E-state index contributed by atoms with van der Waals surface area (Å²) in [6.07, 6.45) is 0. The Labute approximate surface area is 573 Å². The van der Waals surface area contributed by atoms with Crippen molar-refractivity contribution in [2.45, 2.75) is 0 Å². The summed E-state index contributed by atoms with van der Waals surface area (Å²) in [5.74, 6) is 0. The van der Waals surface area contributed by atoms with E-state index in [0.717, 1.165) is 166 Å². The smallest absolute Gasteiger partial charge is 0.0999 e. The van der Waals surface area contributed by atoms with Gasteiger partial charge in [-0.3, -0.25) is 0 Å². The first-order valence-corrected chi connectivity index (χ1v) is 32.6. The summed E-state index contributed by atoms with van der Waals surface area (Å²) in [7, 11) is 0. The van der Waals surface area contributed by atoms with Gasteiger partial charge in [-0.2, -0.15) is 31.6 Å². The average Bonchev–Trinajstić information content (AvgIpc) is 1.57. The van der Waals surface area contributed by atoms with Crippen molar-refractivity contribution in [1.29, 1.82) is 31.6 Å². The molecular formula is C90H48N10. The first-order valence-electron chi connectivity index (χ1n) is 32.6. The molecule has 0 spiro atoms. The normalized spacial score (nSPS) is 11.3. The molecule has 0 fully saturated rings. The number of nitrogens with zero attached hydrogens (tertiary/aromatic N) is 10. The highest BCUT2D eigenvalue weighted by atomic mass is 15.0. The lowest BCUT2D eigenvalue weighted by molar-refractivity contribution is 1.18. The SMILES string of the molecule is N#Cc1ccc2c(c1)c1ccccc1n2-c1ccc(-c2ccc(-c3ccccc3-n3c4ccccc4c4c(C#N)cc(-c5ccc6c(c5)c5cc(C#N)ccc5n6-c5ccc(-c6ccc(-c7ccccc7-n7c8ccccc8c8cc(C#N)ccc87)cc6)c(C#N)c5)cc43)cc2)c(C#N)c1. The van der Waals surface area contributed by atoms with Gasteiger partial charge in [0.15, 0.2) is 0 Å². The molecule has 10 nitrogen and oxygen atoms in total. The summed E-state index contributed by atoms with van der Waals surface area (Å²) in [5.41, 5.74) is 23.5. The minimum atomic E-state index is 0.505. The predicted octanol–water partition coefficient (Wildman–Crippen LogP) is 21.6. The number of aromatic nitrogens is 4. The Balaban J connectivity index is 0.697. The Hall–Kier alpha value is -14.8. The molecular weight excluding hydrogens is 1220 g/mol. The van der Waals surface area contributed by atoms with E-state index < -0.39 is 0 Å². The molecule has 4 heterocycles. The fourth-order valence-corrected chi connectivity index (χ4v) is 15.3.